The van der Waals surface area contributed by atoms with Crippen LogP contribution in [0.4, 0.5) is 5.82 Å². The van der Waals surface area contributed by atoms with E-state index in [0.29, 0.717) is 19.1 Å². The van der Waals surface area contributed by atoms with E-state index in [-0.39, 0.29) is 4.93 Å². The third-order valence-corrected chi connectivity index (χ3v) is 4.81. The molecule has 2 aliphatic rings. The molecule has 22 heavy (non-hydrogen) atoms. The van der Waals surface area contributed by atoms with Crippen LogP contribution in [-0.4, -0.2) is 54.3 Å². The molecule has 3 rings (SSSR count). The second-order valence-corrected chi connectivity index (χ2v) is 6.82. The summed E-state index contributed by atoms with van der Waals surface area (Å²) in [6.07, 6.45) is 6.45. The van der Waals surface area contributed by atoms with E-state index in [1.807, 2.05) is 0 Å². The number of hydrogen-bond acceptors (Lipinski definition) is 7. The van der Waals surface area contributed by atoms with Gasteiger partial charge in [-0.2, -0.15) is 0 Å². The van der Waals surface area contributed by atoms with E-state index in [9.17, 15) is 0 Å². The van der Waals surface area contributed by atoms with Gasteiger partial charge in [-0.25, -0.2) is 9.97 Å². The van der Waals surface area contributed by atoms with Gasteiger partial charge >= 0.3 is 0 Å². The molecule has 1 aromatic heterocycles. The van der Waals surface area contributed by atoms with Crippen molar-refractivity contribution in [2.45, 2.75) is 18.3 Å². The molecular weight excluding hydrogens is 300 g/mol. The van der Waals surface area contributed by atoms with Gasteiger partial charge in [0.15, 0.2) is 5.82 Å². The lowest BCUT2D eigenvalue weighted by atomic mass is 10.3. The van der Waals surface area contributed by atoms with E-state index in [4.69, 9.17) is 9.47 Å². The highest BCUT2D eigenvalue weighted by Crippen LogP contribution is 2.36. The van der Waals surface area contributed by atoms with Gasteiger partial charge in [0.25, 0.3) is 5.88 Å². The standard InChI is InChI=1S/C15H22N4O2S/c1-15(3-2-12-22-15)21-11-10-20-14-13(17-4-5-18-14)19-8-6-16-7-9-19/h2,4-5,12,16H,3,6-11H2,1H3. The molecule has 7 heteroatoms. The Labute approximate surface area is 135 Å². The van der Waals surface area contributed by atoms with E-state index in [0.717, 1.165) is 38.4 Å². The number of rotatable bonds is 6. The highest BCUT2D eigenvalue weighted by atomic mass is 32.2. The second-order valence-electron chi connectivity index (χ2n) is 5.45. The Hall–Kier alpha value is -1.31. The molecule has 0 aromatic carbocycles. The zero-order valence-corrected chi connectivity index (χ0v) is 13.6. The van der Waals surface area contributed by atoms with Crippen molar-refractivity contribution in [3.8, 4) is 5.88 Å². The molecule has 0 saturated carbocycles. The van der Waals surface area contributed by atoms with Gasteiger partial charge in [0.1, 0.15) is 11.5 Å². The number of aromatic nitrogens is 2. The van der Waals surface area contributed by atoms with Crippen LogP contribution in [0.2, 0.25) is 0 Å². The third kappa shape index (κ3) is 3.91. The van der Waals surface area contributed by atoms with E-state index in [1.54, 1.807) is 24.2 Å². The highest BCUT2D eigenvalue weighted by Gasteiger charge is 2.26. The fourth-order valence-corrected chi connectivity index (χ4v) is 3.33. The van der Waals surface area contributed by atoms with Crippen LogP contribution in [0.25, 0.3) is 0 Å². The van der Waals surface area contributed by atoms with Gasteiger partial charge in [-0.3, -0.25) is 0 Å². The number of thioether (sulfide) groups is 1. The smallest absolute Gasteiger partial charge is 0.257 e. The van der Waals surface area contributed by atoms with E-state index < -0.39 is 0 Å². The number of ether oxygens (including phenoxy) is 2. The number of anilines is 1. The van der Waals surface area contributed by atoms with Crippen molar-refractivity contribution in [2.75, 3.05) is 44.3 Å². The highest BCUT2D eigenvalue weighted by molar-refractivity contribution is 8.03. The maximum absolute atomic E-state index is 5.90. The molecule has 0 amide bonds. The van der Waals surface area contributed by atoms with Crippen LogP contribution >= 0.6 is 11.8 Å². The summed E-state index contributed by atoms with van der Waals surface area (Å²) in [7, 11) is 0. The zero-order chi connectivity index (χ0) is 15.3. The monoisotopic (exact) mass is 322 g/mol. The van der Waals surface area contributed by atoms with Crippen molar-refractivity contribution >= 4 is 17.6 Å². The van der Waals surface area contributed by atoms with E-state index in [2.05, 4.69) is 38.6 Å². The van der Waals surface area contributed by atoms with Crippen molar-refractivity contribution in [1.82, 2.24) is 15.3 Å². The summed E-state index contributed by atoms with van der Waals surface area (Å²) in [5.74, 6) is 1.42. The summed E-state index contributed by atoms with van der Waals surface area (Å²) >= 11 is 1.72. The molecule has 0 spiro atoms. The van der Waals surface area contributed by atoms with E-state index >= 15 is 0 Å². The molecule has 1 atom stereocenters. The average Bonchev–Trinajstić information content (AvgIpc) is 3.00. The summed E-state index contributed by atoms with van der Waals surface area (Å²) < 4.78 is 11.7. The van der Waals surface area contributed by atoms with Gasteiger partial charge < -0.3 is 19.7 Å². The molecule has 1 N–H and O–H groups in total. The predicted octanol–water partition coefficient (Wildman–Crippen LogP) is 1.65. The minimum atomic E-state index is -0.146. The minimum absolute atomic E-state index is 0.146. The number of nitrogens with zero attached hydrogens (tertiary/aromatic N) is 3. The summed E-state index contributed by atoms with van der Waals surface area (Å²) in [4.78, 5) is 10.8. The maximum atomic E-state index is 5.90. The van der Waals surface area contributed by atoms with Crippen LogP contribution in [0.1, 0.15) is 13.3 Å². The first-order chi connectivity index (χ1) is 10.8. The molecule has 0 radical (unpaired) electrons. The lowest BCUT2D eigenvalue weighted by molar-refractivity contribution is 0.0241. The van der Waals surface area contributed by atoms with Gasteiger partial charge in [0, 0.05) is 45.0 Å². The normalized spacial score (nSPS) is 24.7. The molecule has 2 aliphatic heterocycles. The Morgan fingerprint density at radius 2 is 2.09 bits per heavy atom. The molecule has 1 saturated heterocycles. The average molecular weight is 322 g/mol. The van der Waals surface area contributed by atoms with Crippen LogP contribution in [0.5, 0.6) is 5.88 Å². The Bertz CT molecular complexity index is 512. The van der Waals surface area contributed by atoms with Crippen LogP contribution in [0.15, 0.2) is 23.9 Å². The van der Waals surface area contributed by atoms with Crippen molar-refractivity contribution in [2.24, 2.45) is 0 Å². The molecular formula is C15H22N4O2S. The quantitative estimate of drug-likeness (QED) is 0.799. The summed E-state index contributed by atoms with van der Waals surface area (Å²) in [6.45, 7) is 6.89. The predicted molar refractivity (Wildman–Crippen MR) is 88.3 cm³/mol. The third-order valence-electron chi connectivity index (χ3n) is 3.69. The van der Waals surface area contributed by atoms with Gasteiger partial charge in [-0.05, 0) is 12.3 Å². The molecule has 3 heterocycles. The first-order valence-corrected chi connectivity index (χ1v) is 8.51. The van der Waals surface area contributed by atoms with Gasteiger partial charge in [-0.15, -0.1) is 0 Å². The van der Waals surface area contributed by atoms with Crippen LogP contribution < -0.4 is 15.0 Å². The second kappa shape index (κ2) is 7.30. The van der Waals surface area contributed by atoms with Crippen molar-refractivity contribution in [1.29, 1.82) is 0 Å². The zero-order valence-electron chi connectivity index (χ0n) is 12.8. The Morgan fingerprint density at radius 1 is 1.27 bits per heavy atom. The van der Waals surface area contributed by atoms with Crippen molar-refractivity contribution < 1.29 is 9.47 Å². The van der Waals surface area contributed by atoms with Crippen LogP contribution in [0, 0.1) is 0 Å². The molecule has 120 valence electrons. The number of nitrogens with one attached hydrogen (secondary N) is 1. The maximum Gasteiger partial charge on any atom is 0.257 e. The number of hydrogen-bond donors (Lipinski definition) is 1. The minimum Gasteiger partial charge on any atom is -0.473 e. The van der Waals surface area contributed by atoms with Crippen molar-refractivity contribution in [3.05, 3.63) is 23.9 Å². The first kappa shape index (κ1) is 15.6. The fourth-order valence-electron chi connectivity index (χ4n) is 2.50. The molecule has 0 aliphatic carbocycles. The van der Waals surface area contributed by atoms with Crippen LogP contribution in [0.3, 0.4) is 0 Å². The SMILES string of the molecule is CC1(OCCOc2nccnc2N2CCNCC2)CC=CS1. The molecule has 6 nitrogen and oxygen atoms in total. The lowest BCUT2D eigenvalue weighted by Gasteiger charge is -2.29. The fraction of sp³-hybridized carbons (Fsp3) is 0.600. The molecule has 0 bridgehead atoms. The molecule has 1 fully saturated rings. The van der Waals surface area contributed by atoms with Gasteiger partial charge in [-0.1, -0.05) is 17.8 Å². The molecule has 1 aromatic rings. The number of piperazine rings is 1. The largest absolute Gasteiger partial charge is 0.473 e. The van der Waals surface area contributed by atoms with Gasteiger partial charge in [0.05, 0.1) is 6.61 Å². The van der Waals surface area contributed by atoms with Crippen molar-refractivity contribution in [3.63, 3.8) is 0 Å². The Balaban J connectivity index is 1.51. The summed E-state index contributed by atoms with van der Waals surface area (Å²) in [5, 5.41) is 5.42. The first-order valence-electron chi connectivity index (χ1n) is 7.63. The summed E-state index contributed by atoms with van der Waals surface area (Å²) in [6, 6.07) is 0. The lowest BCUT2D eigenvalue weighted by Crippen LogP contribution is -2.44. The van der Waals surface area contributed by atoms with Gasteiger partial charge in [0.2, 0.25) is 0 Å². The van der Waals surface area contributed by atoms with E-state index in [1.165, 1.54) is 0 Å². The topological polar surface area (TPSA) is 59.5 Å². The van der Waals surface area contributed by atoms with Crippen LogP contribution in [-0.2, 0) is 4.74 Å². The Morgan fingerprint density at radius 3 is 2.86 bits per heavy atom. The molecule has 1 unspecified atom stereocenters. The Kier molecular flexibility index (Phi) is 5.17. The summed E-state index contributed by atoms with van der Waals surface area (Å²) in [5.41, 5.74) is 0.